The van der Waals surface area contributed by atoms with Crippen LogP contribution < -0.4 is 0 Å². The number of rotatable bonds is 5. The Morgan fingerprint density at radius 2 is 0.645 bits per heavy atom. The first-order valence-electron chi connectivity index (χ1n) is 22.0. The predicted molar refractivity (Wildman–Crippen MR) is 264 cm³/mol. The van der Waals surface area contributed by atoms with Gasteiger partial charge in [-0.3, -0.25) is 0 Å². The fourth-order valence-corrected chi connectivity index (χ4v) is 11.2. The maximum absolute atomic E-state index is 2.49. The zero-order valence-electron chi connectivity index (χ0n) is 35.6. The molecule has 0 atom stereocenters. The van der Waals surface area contributed by atoms with E-state index in [0.29, 0.717) is 0 Å². The van der Waals surface area contributed by atoms with Gasteiger partial charge in [0.1, 0.15) is 0 Å². The summed E-state index contributed by atoms with van der Waals surface area (Å²) in [5, 5.41) is 5.03. The Hall–Kier alpha value is -7.28. The molecule has 0 N–H and O–H groups in total. The van der Waals surface area contributed by atoms with Gasteiger partial charge in [0, 0.05) is 10.8 Å². The van der Waals surface area contributed by atoms with Crippen LogP contribution in [0.5, 0.6) is 0 Å². The summed E-state index contributed by atoms with van der Waals surface area (Å²) in [7, 11) is 0. The average molecular weight is 791 g/mol. The van der Waals surface area contributed by atoms with Gasteiger partial charge >= 0.3 is 0 Å². The first-order chi connectivity index (χ1) is 30.3. The summed E-state index contributed by atoms with van der Waals surface area (Å²) in [5.41, 5.74) is 23.2. The highest BCUT2D eigenvalue weighted by atomic mass is 14.4. The summed E-state index contributed by atoms with van der Waals surface area (Å²) in [6.45, 7) is 9.48. The van der Waals surface area contributed by atoms with Crippen molar-refractivity contribution < 1.29 is 0 Å². The second-order valence-corrected chi connectivity index (χ2v) is 18.4. The van der Waals surface area contributed by atoms with Crippen molar-refractivity contribution in [3.8, 4) is 77.9 Å². The third-order valence-electron chi connectivity index (χ3n) is 14.3. The lowest BCUT2D eigenvalue weighted by atomic mass is 9.80. The van der Waals surface area contributed by atoms with Crippen LogP contribution in [0.1, 0.15) is 49.9 Å². The summed E-state index contributed by atoms with van der Waals surface area (Å²) < 4.78 is 0. The highest BCUT2D eigenvalue weighted by molar-refractivity contribution is 6.22. The highest BCUT2D eigenvalue weighted by Gasteiger charge is 2.37. The normalized spacial score (nSPS) is 14.1. The Morgan fingerprint density at radius 3 is 1.32 bits per heavy atom. The van der Waals surface area contributed by atoms with Gasteiger partial charge < -0.3 is 0 Å². The molecule has 0 saturated heterocycles. The molecule has 0 radical (unpaired) electrons. The van der Waals surface area contributed by atoms with Gasteiger partial charge in [-0.1, -0.05) is 210 Å². The van der Waals surface area contributed by atoms with E-state index in [1.54, 1.807) is 0 Å². The molecule has 12 rings (SSSR count). The maximum atomic E-state index is 2.49. The Bertz CT molecular complexity index is 3440. The van der Waals surface area contributed by atoms with Crippen LogP contribution in [-0.4, -0.2) is 0 Å². The Kier molecular flexibility index (Phi) is 8.03. The lowest BCUT2D eigenvalue weighted by Gasteiger charge is -2.23. The first kappa shape index (κ1) is 36.6. The van der Waals surface area contributed by atoms with E-state index in [4.69, 9.17) is 0 Å². The molecule has 0 saturated carbocycles. The molecule has 0 bridgehead atoms. The van der Waals surface area contributed by atoms with Gasteiger partial charge in [-0.15, -0.1) is 0 Å². The fourth-order valence-electron chi connectivity index (χ4n) is 11.2. The van der Waals surface area contributed by atoms with Gasteiger partial charge in [0.25, 0.3) is 0 Å². The minimum atomic E-state index is -0.0792. The van der Waals surface area contributed by atoms with Gasteiger partial charge in [0.15, 0.2) is 0 Å². The van der Waals surface area contributed by atoms with Crippen LogP contribution in [-0.2, 0) is 10.8 Å². The number of hydrogen-bond acceptors (Lipinski definition) is 0. The van der Waals surface area contributed by atoms with Crippen molar-refractivity contribution in [1.82, 2.24) is 0 Å². The molecule has 62 heavy (non-hydrogen) atoms. The van der Waals surface area contributed by atoms with Gasteiger partial charge in [0.05, 0.1) is 0 Å². The summed E-state index contributed by atoms with van der Waals surface area (Å²) in [4.78, 5) is 0. The van der Waals surface area contributed by atoms with Gasteiger partial charge in [-0.25, -0.2) is 0 Å². The molecule has 0 heteroatoms. The van der Waals surface area contributed by atoms with Crippen LogP contribution >= 0.6 is 0 Å². The molecule has 10 aromatic carbocycles. The lowest BCUT2D eigenvalue weighted by Crippen LogP contribution is -2.14. The molecular weight excluding hydrogens is 745 g/mol. The number of fused-ring (bicyclic) bond motifs is 8. The molecule has 2 aliphatic carbocycles. The van der Waals surface area contributed by atoms with E-state index in [-0.39, 0.29) is 10.8 Å². The summed E-state index contributed by atoms with van der Waals surface area (Å²) >= 11 is 0. The van der Waals surface area contributed by atoms with Crippen molar-refractivity contribution in [1.29, 1.82) is 0 Å². The molecule has 0 fully saturated rings. The van der Waals surface area contributed by atoms with E-state index in [1.807, 2.05) is 0 Å². The Labute approximate surface area is 364 Å². The van der Waals surface area contributed by atoms with Gasteiger partial charge in [-0.2, -0.15) is 0 Å². The number of benzene rings is 10. The molecule has 0 heterocycles. The van der Waals surface area contributed by atoms with E-state index >= 15 is 0 Å². The predicted octanol–water partition coefficient (Wildman–Crippen LogP) is 16.9. The average Bonchev–Trinajstić information content (AvgIpc) is 3.69. The van der Waals surface area contributed by atoms with Crippen molar-refractivity contribution in [2.45, 2.75) is 38.5 Å². The van der Waals surface area contributed by atoms with Crippen LogP contribution in [0.25, 0.3) is 99.4 Å². The largest absolute Gasteiger partial charge is 0.0622 e. The molecule has 2 aliphatic rings. The second kappa shape index (κ2) is 13.6. The van der Waals surface area contributed by atoms with Crippen LogP contribution in [0.2, 0.25) is 0 Å². The van der Waals surface area contributed by atoms with Crippen LogP contribution in [0.3, 0.4) is 0 Å². The molecule has 10 aromatic rings. The molecule has 0 aliphatic heterocycles. The van der Waals surface area contributed by atoms with Crippen LogP contribution in [0, 0.1) is 0 Å². The second-order valence-electron chi connectivity index (χ2n) is 18.4. The Balaban J connectivity index is 1.14. The number of hydrogen-bond donors (Lipinski definition) is 0. The van der Waals surface area contributed by atoms with Crippen molar-refractivity contribution >= 4 is 21.5 Å². The first-order valence-corrected chi connectivity index (χ1v) is 22.0. The van der Waals surface area contributed by atoms with Crippen LogP contribution in [0.4, 0.5) is 0 Å². The highest BCUT2D eigenvalue weighted by Crippen LogP contribution is 2.53. The standard InChI is InChI=1S/C62H46/c1-61(2)56-26-16-14-22-47(56)53-37-44(30-34-57(53)61)60-50-24-12-11-23-49(50)59(43-29-31-45(39-17-7-5-8-18-39)52(36-43)40-19-9-6-10-20-40)51-33-28-41(35-54(51)60)42-27-32-48-46-21-13-15-25-55(46)62(3,4)58(48)38-42/h5-38H,1-4H3. The van der Waals surface area contributed by atoms with E-state index in [9.17, 15) is 0 Å². The maximum Gasteiger partial charge on any atom is 0.0159 e. The van der Waals surface area contributed by atoms with E-state index in [1.165, 1.54) is 122 Å². The molecule has 0 aromatic heterocycles. The van der Waals surface area contributed by atoms with Gasteiger partial charge in [0.2, 0.25) is 0 Å². The fraction of sp³-hybridized carbons (Fsp3) is 0.0968. The van der Waals surface area contributed by atoms with Crippen molar-refractivity contribution in [2.24, 2.45) is 0 Å². The van der Waals surface area contributed by atoms with E-state index < -0.39 is 0 Å². The molecule has 0 unspecified atom stereocenters. The molecular formula is C62H46. The van der Waals surface area contributed by atoms with Crippen molar-refractivity contribution in [3.05, 3.63) is 229 Å². The van der Waals surface area contributed by atoms with Gasteiger partial charge in [-0.05, 0) is 146 Å². The van der Waals surface area contributed by atoms with Crippen LogP contribution in [0.15, 0.2) is 206 Å². The third kappa shape index (κ3) is 5.39. The van der Waals surface area contributed by atoms with E-state index in [2.05, 4.69) is 234 Å². The minimum absolute atomic E-state index is 0.0605. The quantitative estimate of drug-likeness (QED) is 0.152. The summed E-state index contributed by atoms with van der Waals surface area (Å²) in [6, 6.07) is 77.5. The zero-order valence-corrected chi connectivity index (χ0v) is 35.6. The SMILES string of the molecule is CC1(C)c2ccccc2-c2cc(-c3c4ccccc4c(-c4ccc(-c5ccccc5)c(-c5ccccc5)c4)c4ccc(-c5ccc6c(c5)C(C)(C)c5ccccc5-6)cc34)ccc21. The van der Waals surface area contributed by atoms with Crippen molar-refractivity contribution in [2.75, 3.05) is 0 Å². The smallest absolute Gasteiger partial charge is 0.0159 e. The zero-order chi connectivity index (χ0) is 41.7. The third-order valence-corrected chi connectivity index (χ3v) is 14.3. The minimum Gasteiger partial charge on any atom is -0.0622 e. The molecule has 294 valence electrons. The molecule has 0 amide bonds. The monoisotopic (exact) mass is 790 g/mol. The summed E-state index contributed by atoms with van der Waals surface area (Å²) in [6.07, 6.45) is 0. The molecule has 0 nitrogen and oxygen atoms in total. The summed E-state index contributed by atoms with van der Waals surface area (Å²) in [5.74, 6) is 0. The molecule has 0 spiro atoms. The lowest BCUT2D eigenvalue weighted by molar-refractivity contribution is 0.660. The Morgan fingerprint density at radius 1 is 0.226 bits per heavy atom. The van der Waals surface area contributed by atoms with Crippen molar-refractivity contribution in [3.63, 3.8) is 0 Å². The topological polar surface area (TPSA) is 0 Å². The van der Waals surface area contributed by atoms with E-state index in [0.717, 1.165) is 0 Å².